The Bertz CT molecular complexity index is 695. The van der Waals surface area contributed by atoms with Gasteiger partial charge in [-0.3, -0.25) is 0 Å². The molecule has 1 aliphatic heterocycles. The average Bonchev–Trinajstić information content (AvgIpc) is 3.05. The first-order valence-electron chi connectivity index (χ1n) is 8.93. The van der Waals surface area contributed by atoms with E-state index in [-0.39, 0.29) is 0 Å². The summed E-state index contributed by atoms with van der Waals surface area (Å²) in [6.45, 7) is 7.03. The lowest BCUT2D eigenvalue weighted by molar-refractivity contribution is 0.432. The number of hydrogen-bond donors (Lipinski definition) is 1. The standard InChI is InChI=1S/C20H26N2S/c1-20(2)9-3-4-14-5-6-16(12-17(14)20)18-13-23-19(22-18)15-7-10-21-11-8-15/h5-6,12-13,15,21H,3-4,7-11H2,1-2H3. The van der Waals surface area contributed by atoms with Crippen molar-refractivity contribution in [2.45, 2.75) is 57.3 Å². The van der Waals surface area contributed by atoms with E-state index < -0.39 is 0 Å². The summed E-state index contributed by atoms with van der Waals surface area (Å²) in [6.07, 6.45) is 6.29. The fourth-order valence-electron chi connectivity index (χ4n) is 4.12. The Morgan fingerprint density at radius 1 is 1.22 bits per heavy atom. The molecule has 122 valence electrons. The predicted molar refractivity (Wildman–Crippen MR) is 98.4 cm³/mol. The van der Waals surface area contributed by atoms with Gasteiger partial charge in [-0.15, -0.1) is 11.3 Å². The van der Waals surface area contributed by atoms with Gasteiger partial charge in [0.25, 0.3) is 0 Å². The molecule has 0 unspecified atom stereocenters. The summed E-state index contributed by atoms with van der Waals surface area (Å²) < 4.78 is 0. The number of aryl methyl sites for hydroxylation is 1. The van der Waals surface area contributed by atoms with Crippen LogP contribution in [0.5, 0.6) is 0 Å². The molecule has 23 heavy (non-hydrogen) atoms. The number of rotatable bonds is 2. The van der Waals surface area contributed by atoms with Crippen molar-refractivity contribution in [2.75, 3.05) is 13.1 Å². The molecule has 1 aromatic heterocycles. The largest absolute Gasteiger partial charge is 0.317 e. The number of nitrogens with zero attached hydrogens (tertiary/aromatic N) is 1. The van der Waals surface area contributed by atoms with Gasteiger partial charge in [-0.25, -0.2) is 4.98 Å². The third-order valence-electron chi connectivity index (χ3n) is 5.59. The van der Waals surface area contributed by atoms with Gasteiger partial charge in [0.05, 0.1) is 10.7 Å². The topological polar surface area (TPSA) is 24.9 Å². The van der Waals surface area contributed by atoms with Crippen LogP contribution >= 0.6 is 11.3 Å². The van der Waals surface area contributed by atoms with Crippen LogP contribution in [0.15, 0.2) is 23.6 Å². The third kappa shape index (κ3) is 2.97. The molecule has 1 aromatic carbocycles. The van der Waals surface area contributed by atoms with Crippen LogP contribution in [0, 0.1) is 0 Å². The molecule has 2 nitrogen and oxygen atoms in total. The van der Waals surface area contributed by atoms with Gasteiger partial charge in [0.15, 0.2) is 0 Å². The van der Waals surface area contributed by atoms with Crippen LogP contribution in [0.2, 0.25) is 0 Å². The number of fused-ring (bicyclic) bond motifs is 1. The van der Waals surface area contributed by atoms with Crippen molar-refractivity contribution in [3.05, 3.63) is 39.7 Å². The van der Waals surface area contributed by atoms with Crippen molar-refractivity contribution < 1.29 is 0 Å². The van der Waals surface area contributed by atoms with Crippen molar-refractivity contribution >= 4 is 11.3 Å². The molecule has 2 aromatic rings. The molecule has 4 rings (SSSR count). The smallest absolute Gasteiger partial charge is 0.0964 e. The van der Waals surface area contributed by atoms with Gasteiger partial charge >= 0.3 is 0 Å². The van der Waals surface area contributed by atoms with E-state index in [1.807, 2.05) is 11.3 Å². The molecule has 0 bridgehead atoms. The zero-order valence-electron chi connectivity index (χ0n) is 14.2. The van der Waals surface area contributed by atoms with Gasteiger partial charge in [-0.05, 0) is 67.8 Å². The fourth-order valence-corrected chi connectivity index (χ4v) is 5.12. The normalized spacial score (nSPS) is 21.1. The predicted octanol–water partition coefficient (Wildman–Crippen LogP) is 4.89. The minimum absolute atomic E-state index is 0.303. The minimum atomic E-state index is 0.303. The van der Waals surface area contributed by atoms with Crippen molar-refractivity contribution in [3.8, 4) is 11.3 Å². The van der Waals surface area contributed by atoms with Gasteiger partial charge in [0, 0.05) is 16.9 Å². The summed E-state index contributed by atoms with van der Waals surface area (Å²) in [5.74, 6) is 0.657. The van der Waals surface area contributed by atoms with Crippen LogP contribution in [0.1, 0.15) is 61.6 Å². The Morgan fingerprint density at radius 2 is 2.04 bits per heavy atom. The molecule has 2 aliphatic rings. The lowest BCUT2D eigenvalue weighted by Gasteiger charge is -2.32. The van der Waals surface area contributed by atoms with Crippen molar-refractivity contribution in [1.82, 2.24) is 10.3 Å². The van der Waals surface area contributed by atoms with Crippen LogP contribution in [0.25, 0.3) is 11.3 Å². The second-order valence-corrected chi connectivity index (χ2v) is 8.59. The number of aromatic nitrogens is 1. The Kier molecular flexibility index (Phi) is 4.02. The van der Waals surface area contributed by atoms with Crippen LogP contribution in [0.3, 0.4) is 0 Å². The SMILES string of the molecule is CC1(C)CCCc2ccc(-c3csc(C4CCNCC4)n3)cc21. The highest BCUT2D eigenvalue weighted by Gasteiger charge is 2.27. The van der Waals surface area contributed by atoms with Crippen LogP contribution in [0.4, 0.5) is 0 Å². The zero-order chi connectivity index (χ0) is 15.9. The maximum Gasteiger partial charge on any atom is 0.0964 e. The Morgan fingerprint density at radius 3 is 2.87 bits per heavy atom. The first-order chi connectivity index (χ1) is 11.1. The summed E-state index contributed by atoms with van der Waals surface area (Å²) in [7, 11) is 0. The lowest BCUT2D eigenvalue weighted by Crippen LogP contribution is -2.26. The zero-order valence-corrected chi connectivity index (χ0v) is 15.0. The number of nitrogens with one attached hydrogen (secondary N) is 1. The van der Waals surface area contributed by atoms with E-state index in [0.29, 0.717) is 11.3 Å². The highest BCUT2D eigenvalue weighted by atomic mass is 32.1. The van der Waals surface area contributed by atoms with Gasteiger partial charge in [0.2, 0.25) is 0 Å². The summed E-state index contributed by atoms with van der Waals surface area (Å²) in [4.78, 5) is 4.99. The summed E-state index contributed by atoms with van der Waals surface area (Å²) in [5.41, 5.74) is 5.86. The van der Waals surface area contributed by atoms with E-state index >= 15 is 0 Å². The van der Waals surface area contributed by atoms with Crippen molar-refractivity contribution in [2.24, 2.45) is 0 Å². The Hall–Kier alpha value is -1.19. The monoisotopic (exact) mass is 326 g/mol. The Labute approximate surface area is 143 Å². The minimum Gasteiger partial charge on any atom is -0.317 e. The number of hydrogen-bond acceptors (Lipinski definition) is 3. The molecule has 0 atom stereocenters. The van der Waals surface area contributed by atoms with E-state index in [4.69, 9.17) is 4.98 Å². The summed E-state index contributed by atoms with van der Waals surface area (Å²) in [5, 5.41) is 7.03. The molecule has 2 heterocycles. The molecule has 0 spiro atoms. The maximum absolute atomic E-state index is 4.99. The average molecular weight is 327 g/mol. The quantitative estimate of drug-likeness (QED) is 0.850. The Balaban J connectivity index is 1.65. The van der Waals surface area contributed by atoms with E-state index in [1.54, 1.807) is 5.56 Å². The molecule has 1 saturated heterocycles. The van der Waals surface area contributed by atoms with Crippen molar-refractivity contribution in [3.63, 3.8) is 0 Å². The summed E-state index contributed by atoms with van der Waals surface area (Å²) >= 11 is 1.85. The fraction of sp³-hybridized carbons (Fsp3) is 0.550. The molecular weight excluding hydrogens is 300 g/mol. The maximum atomic E-state index is 4.99. The first-order valence-corrected chi connectivity index (χ1v) is 9.81. The highest BCUT2D eigenvalue weighted by Crippen LogP contribution is 2.39. The van der Waals surface area contributed by atoms with Crippen LogP contribution in [-0.2, 0) is 11.8 Å². The number of thiazole rings is 1. The molecule has 0 saturated carbocycles. The van der Waals surface area contributed by atoms with Gasteiger partial charge in [-0.2, -0.15) is 0 Å². The van der Waals surface area contributed by atoms with Gasteiger partial charge in [-0.1, -0.05) is 26.0 Å². The highest BCUT2D eigenvalue weighted by molar-refractivity contribution is 7.10. The third-order valence-corrected chi connectivity index (χ3v) is 6.60. The van der Waals surface area contributed by atoms with Crippen LogP contribution in [-0.4, -0.2) is 18.1 Å². The van der Waals surface area contributed by atoms with Gasteiger partial charge in [0.1, 0.15) is 0 Å². The molecule has 0 amide bonds. The number of benzene rings is 1. The van der Waals surface area contributed by atoms with E-state index in [1.165, 1.54) is 53.9 Å². The van der Waals surface area contributed by atoms with Crippen LogP contribution < -0.4 is 5.32 Å². The second-order valence-electron chi connectivity index (χ2n) is 7.70. The summed E-state index contributed by atoms with van der Waals surface area (Å²) in [6, 6.07) is 7.03. The molecule has 1 N–H and O–H groups in total. The second kappa shape index (κ2) is 6.03. The van der Waals surface area contributed by atoms with E-state index in [9.17, 15) is 0 Å². The van der Waals surface area contributed by atoms with Gasteiger partial charge < -0.3 is 5.32 Å². The molecular formula is C20H26N2S. The van der Waals surface area contributed by atoms with E-state index in [0.717, 1.165) is 13.1 Å². The molecule has 3 heteroatoms. The van der Waals surface area contributed by atoms with Crippen molar-refractivity contribution in [1.29, 1.82) is 0 Å². The molecule has 0 radical (unpaired) electrons. The molecule has 1 fully saturated rings. The molecule has 1 aliphatic carbocycles. The lowest BCUT2D eigenvalue weighted by atomic mass is 9.72. The first kappa shape index (κ1) is 15.3. The number of piperidine rings is 1. The van der Waals surface area contributed by atoms with E-state index in [2.05, 4.69) is 42.7 Å².